The third kappa shape index (κ3) is 5.59. The van der Waals surface area contributed by atoms with Crippen molar-refractivity contribution in [3.63, 3.8) is 0 Å². The molecule has 3 nitrogen and oxygen atoms in total. The molecule has 0 unspecified atom stereocenters. The Morgan fingerprint density at radius 1 is 1.57 bits per heavy atom. The fraction of sp³-hybridized carbons (Fsp3) is 0.750. The first kappa shape index (κ1) is 6.59. The highest BCUT2D eigenvalue weighted by atomic mass is 16.1. The van der Waals surface area contributed by atoms with Gasteiger partial charge in [-0.25, -0.2) is 0 Å². The number of hydrogen-bond acceptors (Lipinski definition) is 3. The van der Waals surface area contributed by atoms with Crippen LogP contribution in [0.25, 0.3) is 0 Å². The van der Waals surface area contributed by atoms with E-state index in [4.69, 9.17) is 11.5 Å². The number of carbonyl (C=O) groups excluding carboxylic acids is 1. The molecule has 0 aromatic rings. The molecule has 0 amide bonds. The summed E-state index contributed by atoms with van der Waals surface area (Å²) in [5, 5.41) is 0. The second kappa shape index (κ2) is 3.77. The van der Waals surface area contributed by atoms with Crippen molar-refractivity contribution in [3.05, 3.63) is 0 Å². The lowest BCUT2D eigenvalue weighted by atomic mass is 10.3. The minimum absolute atomic E-state index is 0.345. The summed E-state index contributed by atoms with van der Waals surface area (Å²) in [4.78, 5) is 9.47. The lowest BCUT2D eigenvalue weighted by Crippen LogP contribution is -2.29. The van der Waals surface area contributed by atoms with Crippen molar-refractivity contribution in [1.29, 1.82) is 0 Å². The molecule has 0 aromatic heterocycles. The van der Waals surface area contributed by atoms with Gasteiger partial charge in [0.1, 0.15) is 0 Å². The van der Waals surface area contributed by atoms with Gasteiger partial charge in [0.15, 0.2) is 6.29 Å². The van der Waals surface area contributed by atoms with Crippen molar-refractivity contribution in [2.45, 2.75) is 19.0 Å². The van der Waals surface area contributed by atoms with E-state index in [1.54, 1.807) is 6.29 Å². The van der Waals surface area contributed by atoms with Gasteiger partial charge in [0.2, 0.25) is 0 Å². The van der Waals surface area contributed by atoms with Crippen LogP contribution in [0.1, 0.15) is 12.8 Å². The largest absolute Gasteiger partial charge is 0.316 e. The summed E-state index contributed by atoms with van der Waals surface area (Å²) in [7, 11) is 0. The molecule has 0 fully saturated rings. The number of nitrogens with two attached hydrogens (primary N) is 2. The molecule has 0 aliphatic heterocycles. The van der Waals surface area contributed by atoms with Crippen LogP contribution >= 0.6 is 0 Å². The zero-order valence-electron chi connectivity index (χ0n) is 4.05. The molecule has 7 heavy (non-hydrogen) atoms. The highest BCUT2D eigenvalue weighted by Crippen LogP contribution is 1.81. The summed E-state index contributed by atoms with van der Waals surface area (Å²) in [5.74, 6) is 0. The monoisotopic (exact) mass is 101 g/mol. The quantitative estimate of drug-likeness (QED) is 0.453. The van der Waals surface area contributed by atoms with Crippen molar-refractivity contribution in [3.8, 4) is 0 Å². The molecule has 3 heteroatoms. The van der Waals surface area contributed by atoms with Gasteiger partial charge in [0, 0.05) is 6.42 Å². The van der Waals surface area contributed by atoms with Crippen molar-refractivity contribution in [1.82, 2.24) is 0 Å². The maximum Gasteiger partial charge on any atom is 0.198 e. The molecule has 0 aliphatic carbocycles. The van der Waals surface area contributed by atoms with E-state index in [1.165, 1.54) is 0 Å². The topological polar surface area (TPSA) is 69.1 Å². The van der Waals surface area contributed by atoms with Crippen LogP contribution in [-0.2, 0) is 4.79 Å². The van der Waals surface area contributed by atoms with E-state index in [2.05, 4.69) is 0 Å². The van der Waals surface area contributed by atoms with Gasteiger partial charge in [-0.15, -0.1) is 0 Å². The van der Waals surface area contributed by atoms with E-state index in [0.717, 1.165) is 0 Å². The first-order valence-corrected chi connectivity index (χ1v) is 2.13. The van der Waals surface area contributed by atoms with Gasteiger partial charge in [-0.05, 0) is 6.42 Å². The normalized spacial score (nSPS) is 9.57. The van der Waals surface area contributed by atoms with Gasteiger partial charge in [0.05, 0.1) is 6.17 Å². The molecule has 41 valence electrons. The summed E-state index contributed by atoms with van der Waals surface area (Å²) in [6.07, 6.45) is 2.21. The maximum atomic E-state index is 9.47. The van der Waals surface area contributed by atoms with Gasteiger partial charge in [0.25, 0.3) is 0 Å². The first-order valence-electron chi connectivity index (χ1n) is 2.13. The van der Waals surface area contributed by atoms with Gasteiger partial charge in [-0.3, -0.25) is 4.79 Å². The van der Waals surface area contributed by atoms with Crippen LogP contribution in [-0.4, -0.2) is 12.5 Å². The molecular weight excluding hydrogens is 92.1 g/mol. The minimum atomic E-state index is -0.360. The van der Waals surface area contributed by atoms with Crippen LogP contribution in [0.5, 0.6) is 0 Å². The minimum Gasteiger partial charge on any atom is -0.316 e. The lowest BCUT2D eigenvalue weighted by molar-refractivity contribution is 0.540. The molecule has 0 atom stereocenters. The van der Waals surface area contributed by atoms with E-state index in [1.807, 2.05) is 0 Å². The van der Waals surface area contributed by atoms with Crippen LogP contribution in [0, 0.1) is 0 Å². The zero-order chi connectivity index (χ0) is 5.70. The van der Waals surface area contributed by atoms with Gasteiger partial charge < -0.3 is 11.5 Å². The van der Waals surface area contributed by atoms with Crippen LogP contribution in [0.15, 0.2) is 0 Å². The van der Waals surface area contributed by atoms with Gasteiger partial charge in [-0.1, -0.05) is 0 Å². The lowest BCUT2D eigenvalue weighted by Gasteiger charge is -1.96. The number of rotatable bonds is 3. The maximum absolute atomic E-state index is 9.47. The van der Waals surface area contributed by atoms with Crippen molar-refractivity contribution in [2.75, 3.05) is 0 Å². The van der Waals surface area contributed by atoms with E-state index in [9.17, 15) is 4.79 Å². The molecule has 1 radical (unpaired) electrons. The Kier molecular flexibility index (Phi) is 3.55. The Morgan fingerprint density at radius 3 is 2.29 bits per heavy atom. The number of hydrogen-bond donors (Lipinski definition) is 2. The summed E-state index contributed by atoms with van der Waals surface area (Å²) < 4.78 is 0. The predicted molar refractivity (Wildman–Crippen MR) is 27.1 cm³/mol. The zero-order valence-corrected chi connectivity index (χ0v) is 4.05. The SMILES string of the molecule is NC(N)CC[C]=O. The molecule has 4 N–H and O–H groups in total. The second-order valence-corrected chi connectivity index (χ2v) is 1.35. The molecule has 0 spiro atoms. The van der Waals surface area contributed by atoms with E-state index < -0.39 is 0 Å². The summed E-state index contributed by atoms with van der Waals surface area (Å²) in [5.41, 5.74) is 10.2. The van der Waals surface area contributed by atoms with Crippen molar-refractivity contribution < 1.29 is 4.79 Å². The van der Waals surface area contributed by atoms with Crippen molar-refractivity contribution >= 4 is 6.29 Å². The molecule has 0 rings (SSSR count). The molecular formula is C4H9N2O. The Balaban J connectivity index is 2.81. The molecule has 0 aromatic carbocycles. The first-order chi connectivity index (χ1) is 3.27. The van der Waals surface area contributed by atoms with Crippen LogP contribution in [0.3, 0.4) is 0 Å². The standard InChI is InChI=1S/C4H9N2O/c5-4(6)2-1-3-7/h4H,1-2,5-6H2. The second-order valence-electron chi connectivity index (χ2n) is 1.35. The summed E-state index contributed by atoms with van der Waals surface area (Å²) in [6, 6.07) is 0. The Labute approximate surface area is 42.7 Å². The van der Waals surface area contributed by atoms with E-state index in [0.29, 0.717) is 12.8 Å². The van der Waals surface area contributed by atoms with Crippen LogP contribution in [0.2, 0.25) is 0 Å². The smallest absolute Gasteiger partial charge is 0.198 e. The molecule has 0 aliphatic rings. The molecule has 0 saturated carbocycles. The van der Waals surface area contributed by atoms with Gasteiger partial charge in [-0.2, -0.15) is 0 Å². The van der Waals surface area contributed by atoms with Gasteiger partial charge >= 0.3 is 0 Å². The third-order valence-corrected chi connectivity index (χ3v) is 0.580. The summed E-state index contributed by atoms with van der Waals surface area (Å²) >= 11 is 0. The Bertz CT molecular complexity index is 53.7. The van der Waals surface area contributed by atoms with Crippen LogP contribution < -0.4 is 11.5 Å². The predicted octanol–water partition coefficient (Wildman–Crippen LogP) is -0.880. The highest BCUT2D eigenvalue weighted by molar-refractivity contribution is 5.50. The Morgan fingerprint density at radius 2 is 2.14 bits per heavy atom. The Hall–Kier alpha value is -0.410. The average molecular weight is 101 g/mol. The fourth-order valence-corrected chi connectivity index (χ4v) is 0.226. The third-order valence-electron chi connectivity index (χ3n) is 0.580. The molecule has 0 bridgehead atoms. The summed E-state index contributed by atoms with van der Waals surface area (Å²) in [6.45, 7) is 0. The average Bonchev–Trinajstić information content (AvgIpc) is 1.61. The van der Waals surface area contributed by atoms with E-state index >= 15 is 0 Å². The molecule has 0 heterocycles. The van der Waals surface area contributed by atoms with Crippen molar-refractivity contribution in [2.24, 2.45) is 11.5 Å². The fourth-order valence-electron chi connectivity index (χ4n) is 0.226. The molecule has 0 saturated heterocycles. The van der Waals surface area contributed by atoms with E-state index in [-0.39, 0.29) is 6.17 Å². The van der Waals surface area contributed by atoms with Crippen LogP contribution in [0.4, 0.5) is 0 Å². The highest BCUT2D eigenvalue weighted by Gasteiger charge is 1.89.